The fourth-order valence-electron chi connectivity index (χ4n) is 3.40. The molecule has 3 N–H and O–H groups in total. The summed E-state index contributed by atoms with van der Waals surface area (Å²) < 4.78 is 53.4. The lowest BCUT2D eigenvalue weighted by Gasteiger charge is -2.31. The number of primary amides is 1. The van der Waals surface area contributed by atoms with Crippen LogP contribution in [0, 0.1) is 17.1 Å². The number of hydrogen-bond acceptors (Lipinski definition) is 3. The van der Waals surface area contributed by atoms with Gasteiger partial charge in [0.05, 0.1) is 17.8 Å². The number of fused-ring (bicyclic) bond motifs is 1. The molecule has 11 heteroatoms. The molecule has 0 aliphatic carbocycles. The van der Waals surface area contributed by atoms with Crippen LogP contribution in [0.3, 0.4) is 0 Å². The van der Waals surface area contributed by atoms with Crippen LogP contribution in [0.25, 0.3) is 11.1 Å². The number of nitrogens with zero attached hydrogens (tertiary/aromatic N) is 3. The number of carbonyl (C=O) groups excluding carboxylic acids is 2. The van der Waals surface area contributed by atoms with Crippen molar-refractivity contribution in [2.75, 3.05) is 6.54 Å². The van der Waals surface area contributed by atoms with Crippen LogP contribution in [0.1, 0.15) is 28.7 Å². The van der Waals surface area contributed by atoms with Crippen LogP contribution < -0.4 is 11.1 Å². The quantitative estimate of drug-likeness (QED) is 0.742. The molecule has 0 radical (unpaired) electrons. The van der Waals surface area contributed by atoms with Crippen molar-refractivity contribution < 1.29 is 27.2 Å². The first kappa shape index (κ1) is 21.2. The number of aromatic nitrogens is 1. The Balaban J connectivity index is 2.03. The molecule has 1 aliphatic rings. The van der Waals surface area contributed by atoms with Crippen LogP contribution in [0.4, 0.5) is 22.4 Å². The topological polar surface area (TPSA) is 104 Å². The van der Waals surface area contributed by atoms with E-state index < -0.39 is 30.0 Å². The molecule has 158 valence electrons. The summed E-state index contributed by atoms with van der Waals surface area (Å²) in [7, 11) is 0. The molecule has 1 aromatic heterocycles. The van der Waals surface area contributed by atoms with E-state index in [0.717, 1.165) is 17.9 Å². The third kappa shape index (κ3) is 3.80. The minimum Gasteiger partial charge on any atom is -0.366 e. The van der Waals surface area contributed by atoms with Gasteiger partial charge < -0.3 is 20.5 Å². The molecule has 30 heavy (non-hydrogen) atoms. The van der Waals surface area contributed by atoms with Gasteiger partial charge in [0.1, 0.15) is 23.6 Å². The van der Waals surface area contributed by atoms with Crippen molar-refractivity contribution in [2.45, 2.75) is 32.2 Å². The van der Waals surface area contributed by atoms with E-state index in [1.807, 2.05) is 11.4 Å². The van der Waals surface area contributed by atoms with Crippen LogP contribution in [-0.4, -0.2) is 40.2 Å². The maximum atomic E-state index is 13.7. The number of nitrogens with one attached hydrogen (secondary N) is 1. The van der Waals surface area contributed by atoms with Crippen LogP contribution in [0.2, 0.25) is 0 Å². The number of benzene rings is 1. The van der Waals surface area contributed by atoms with Gasteiger partial charge in [0.2, 0.25) is 0 Å². The minimum atomic E-state index is -4.61. The lowest BCUT2D eigenvalue weighted by molar-refractivity contribution is -0.149. The van der Waals surface area contributed by atoms with Gasteiger partial charge in [-0.05, 0) is 24.6 Å². The van der Waals surface area contributed by atoms with Gasteiger partial charge >= 0.3 is 12.2 Å². The highest BCUT2D eigenvalue weighted by molar-refractivity contribution is 6.03. The summed E-state index contributed by atoms with van der Waals surface area (Å²) in [6, 6.07) is 4.21. The Hall–Kier alpha value is -3.55. The number of carbonyl (C=O) groups is 2. The van der Waals surface area contributed by atoms with E-state index in [-0.39, 0.29) is 47.7 Å². The van der Waals surface area contributed by atoms with Crippen molar-refractivity contribution in [3.05, 3.63) is 47.0 Å². The van der Waals surface area contributed by atoms with Gasteiger partial charge in [-0.15, -0.1) is 0 Å². The van der Waals surface area contributed by atoms with Gasteiger partial charge in [0.15, 0.2) is 0 Å². The second kappa shape index (κ2) is 7.70. The fourth-order valence-corrected chi connectivity index (χ4v) is 3.40. The van der Waals surface area contributed by atoms with Gasteiger partial charge in [-0.3, -0.25) is 4.79 Å². The number of nitrogens with two attached hydrogens (primary N) is 1. The summed E-state index contributed by atoms with van der Waals surface area (Å²) in [5.41, 5.74) is 6.10. The zero-order chi connectivity index (χ0) is 22.2. The Bertz CT molecular complexity index is 1050. The molecule has 3 amide bonds. The molecule has 3 rings (SSSR count). The van der Waals surface area contributed by atoms with Crippen molar-refractivity contribution in [2.24, 2.45) is 5.73 Å². The summed E-state index contributed by atoms with van der Waals surface area (Å²) in [5.74, 6) is -1.48. The van der Waals surface area contributed by atoms with Crippen LogP contribution in [-0.2, 0) is 13.1 Å². The van der Waals surface area contributed by atoms with Crippen LogP contribution >= 0.6 is 0 Å². The lowest BCUT2D eigenvalue weighted by atomic mass is 9.99. The maximum Gasteiger partial charge on any atom is 0.408 e. The summed E-state index contributed by atoms with van der Waals surface area (Å²) in [6.45, 7) is 0.642. The third-order valence-electron chi connectivity index (χ3n) is 4.89. The van der Waals surface area contributed by atoms with Crippen LogP contribution in [0.5, 0.6) is 0 Å². The highest BCUT2D eigenvalue weighted by Crippen LogP contribution is 2.35. The normalized spacial score (nSPS) is 14.6. The summed E-state index contributed by atoms with van der Waals surface area (Å²) in [6.07, 6.45) is -4.61. The van der Waals surface area contributed by atoms with E-state index >= 15 is 0 Å². The first-order chi connectivity index (χ1) is 14.0. The predicted molar refractivity (Wildman–Crippen MR) is 97.5 cm³/mol. The van der Waals surface area contributed by atoms with Crippen molar-refractivity contribution in [3.8, 4) is 17.2 Å². The molecule has 2 heterocycles. The van der Waals surface area contributed by atoms with Crippen molar-refractivity contribution in [1.29, 1.82) is 5.26 Å². The second-order valence-corrected chi connectivity index (χ2v) is 6.82. The Morgan fingerprint density at radius 1 is 1.30 bits per heavy atom. The maximum absolute atomic E-state index is 13.7. The van der Waals surface area contributed by atoms with E-state index in [4.69, 9.17) is 5.73 Å². The first-order valence-corrected chi connectivity index (χ1v) is 8.88. The minimum absolute atomic E-state index is 0.00750. The predicted octanol–water partition coefficient (Wildman–Crippen LogP) is 2.74. The van der Waals surface area contributed by atoms with Gasteiger partial charge in [0, 0.05) is 18.7 Å². The molecular formula is C19H17F4N5O2. The average molecular weight is 423 g/mol. The van der Waals surface area contributed by atoms with Crippen molar-refractivity contribution >= 4 is 11.9 Å². The number of hydrogen-bond donors (Lipinski definition) is 2. The first-order valence-electron chi connectivity index (χ1n) is 8.88. The number of rotatable bonds is 3. The van der Waals surface area contributed by atoms with Crippen LogP contribution in [0.15, 0.2) is 24.3 Å². The Labute approximate surface area is 168 Å². The molecule has 2 aromatic rings. The number of amides is 3. The number of urea groups is 1. The standard InChI is InChI=1S/C19H17F4N5O2/c1-10(19(21,22)23)26-18(30)27-5-6-28-13(8-24)15(11-3-2-4-12(20)7-11)16(17(25)29)14(28)9-27/h2-4,7,10H,5-6,9H2,1H3,(H2,25,29)(H,26,30). The molecule has 1 unspecified atom stereocenters. The van der Waals surface area contributed by atoms with E-state index in [1.54, 1.807) is 0 Å². The summed E-state index contributed by atoms with van der Waals surface area (Å²) >= 11 is 0. The molecule has 1 aromatic carbocycles. The number of halogens is 4. The van der Waals surface area contributed by atoms with Gasteiger partial charge in [0.25, 0.3) is 5.91 Å². The smallest absolute Gasteiger partial charge is 0.366 e. The van der Waals surface area contributed by atoms with E-state index in [0.29, 0.717) is 0 Å². The number of alkyl halides is 3. The molecule has 0 fully saturated rings. The molecule has 0 saturated heterocycles. The monoisotopic (exact) mass is 423 g/mol. The Kier molecular flexibility index (Phi) is 5.43. The number of nitriles is 1. The molecule has 1 aliphatic heterocycles. The Morgan fingerprint density at radius 2 is 2.00 bits per heavy atom. The van der Waals surface area contributed by atoms with E-state index in [2.05, 4.69) is 0 Å². The fraction of sp³-hybridized carbons (Fsp3) is 0.316. The molecule has 1 atom stereocenters. The highest BCUT2D eigenvalue weighted by Gasteiger charge is 2.39. The average Bonchev–Trinajstić information content (AvgIpc) is 3.00. The molecule has 7 nitrogen and oxygen atoms in total. The lowest BCUT2D eigenvalue weighted by Crippen LogP contribution is -2.51. The molecular weight excluding hydrogens is 406 g/mol. The van der Waals surface area contributed by atoms with Crippen molar-refractivity contribution in [1.82, 2.24) is 14.8 Å². The van der Waals surface area contributed by atoms with Crippen molar-refractivity contribution in [3.63, 3.8) is 0 Å². The second-order valence-electron chi connectivity index (χ2n) is 6.82. The SMILES string of the molecule is CC(NC(=O)N1CCn2c(C#N)c(-c3cccc(F)c3)c(C(N)=O)c2C1)C(F)(F)F. The third-order valence-corrected chi connectivity index (χ3v) is 4.89. The summed E-state index contributed by atoms with van der Waals surface area (Å²) in [4.78, 5) is 25.6. The highest BCUT2D eigenvalue weighted by atomic mass is 19.4. The molecule has 0 spiro atoms. The van der Waals surface area contributed by atoms with E-state index in [1.165, 1.54) is 22.8 Å². The summed E-state index contributed by atoms with van der Waals surface area (Å²) in [5, 5.41) is 11.5. The Morgan fingerprint density at radius 3 is 2.57 bits per heavy atom. The molecule has 0 saturated carbocycles. The molecule has 0 bridgehead atoms. The van der Waals surface area contributed by atoms with Gasteiger partial charge in [-0.1, -0.05) is 12.1 Å². The van der Waals surface area contributed by atoms with Gasteiger partial charge in [-0.2, -0.15) is 18.4 Å². The zero-order valence-corrected chi connectivity index (χ0v) is 15.8. The largest absolute Gasteiger partial charge is 0.408 e. The van der Waals surface area contributed by atoms with Gasteiger partial charge in [-0.25, -0.2) is 9.18 Å². The van der Waals surface area contributed by atoms with E-state index in [9.17, 15) is 32.4 Å². The zero-order valence-electron chi connectivity index (χ0n) is 15.8.